The van der Waals surface area contributed by atoms with Gasteiger partial charge in [0.25, 0.3) is 0 Å². The first-order valence-electron chi connectivity index (χ1n) is 5.08. The van der Waals surface area contributed by atoms with Crippen molar-refractivity contribution in [1.82, 2.24) is 4.98 Å². The number of ether oxygens (including phenoxy) is 1. The molecular formula is C12H10ClNO3. The number of pyridine rings is 1. The molecule has 0 saturated carbocycles. The van der Waals surface area contributed by atoms with Crippen LogP contribution in [-0.4, -0.2) is 22.7 Å². The van der Waals surface area contributed by atoms with Crippen molar-refractivity contribution in [3.05, 3.63) is 35.0 Å². The zero-order valence-corrected chi connectivity index (χ0v) is 9.86. The first kappa shape index (κ1) is 11.7. The lowest BCUT2D eigenvalue weighted by molar-refractivity contribution is 0.0691. The van der Waals surface area contributed by atoms with Crippen LogP contribution in [0.5, 0.6) is 5.75 Å². The Morgan fingerprint density at radius 2 is 2.24 bits per heavy atom. The molecule has 0 amide bonds. The number of fused-ring (bicyclic) bond motifs is 1. The Kier molecular flexibility index (Phi) is 3.15. The molecule has 1 aromatic heterocycles. The Labute approximate surface area is 103 Å². The lowest BCUT2D eigenvalue weighted by atomic mass is 10.2. The summed E-state index contributed by atoms with van der Waals surface area (Å²) in [6, 6.07) is 6.52. The molecule has 2 rings (SSSR count). The van der Waals surface area contributed by atoms with Crippen LogP contribution in [0.2, 0.25) is 5.02 Å². The minimum absolute atomic E-state index is 0.0633. The lowest BCUT2D eigenvalue weighted by Crippen LogP contribution is -2.00. The standard InChI is InChI=1S/C12H10ClNO3/c1-2-17-7-3-4-10-8(5-7)9(13)6-11(14-10)12(15)16/h3-6H,2H2,1H3,(H,15,16). The maximum atomic E-state index is 10.8. The van der Waals surface area contributed by atoms with Gasteiger partial charge in [0.15, 0.2) is 0 Å². The number of benzene rings is 1. The van der Waals surface area contributed by atoms with Crippen LogP contribution in [0.1, 0.15) is 17.4 Å². The predicted octanol–water partition coefficient (Wildman–Crippen LogP) is 2.99. The third kappa shape index (κ3) is 2.31. The van der Waals surface area contributed by atoms with Gasteiger partial charge in [-0.1, -0.05) is 11.6 Å². The number of aromatic nitrogens is 1. The summed E-state index contributed by atoms with van der Waals surface area (Å²) in [5.41, 5.74) is 0.477. The van der Waals surface area contributed by atoms with E-state index in [9.17, 15) is 4.79 Å². The van der Waals surface area contributed by atoms with Gasteiger partial charge in [-0.05, 0) is 31.2 Å². The zero-order chi connectivity index (χ0) is 12.4. The van der Waals surface area contributed by atoms with E-state index in [-0.39, 0.29) is 5.69 Å². The second-order valence-corrected chi connectivity index (χ2v) is 3.81. The highest BCUT2D eigenvalue weighted by Gasteiger charge is 2.10. The summed E-state index contributed by atoms with van der Waals surface area (Å²) in [7, 11) is 0. The number of hydrogen-bond donors (Lipinski definition) is 1. The highest BCUT2D eigenvalue weighted by molar-refractivity contribution is 6.35. The molecule has 1 N–H and O–H groups in total. The van der Waals surface area contributed by atoms with Gasteiger partial charge in [-0.3, -0.25) is 0 Å². The summed E-state index contributed by atoms with van der Waals surface area (Å²) < 4.78 is 5.34. The Balaban J connectivity index is 2.60. The fourth-order valence-corrected chi connectivity index (χ4v) is 1.78. The summed E-state index contributed by atoms with van der Waals surface area (Å²) in [4.78, 5) is 14.8. The molecule has 88 valence electrons. The number of carboxylic acids is 1. The van der Waals surface area contributed by atoms with Crippen molar-refractivity contribution >= 4 is 28.5 Å². The lowest BCUT2D eigenvalue weighted by Gasteiger charge is -2.06. The van der Waals surface area contributed by atoms with E-state index >= 15 is 0 Å². The van der Waals surface area contributed by atoms with Gasteiger partial charge in [-0.2, -0.15) is 0 Å². The zero-order valence-electron chi connectivity index (χ0n) is 9.11. The van der Waals surface area contributed by atoms with E-state index in [1.165, 1.54) is 6.07 Å². The molecule has 17 heavy (non-hydrogen) atoms. The van der Waals surface area contributed by atoms with Gasteiger partial charge in [-0.25, -0.2) is 9.78 Å². The molecule has 0 aliphatic rings. The van der Waals surface area contributed by atoms with Crippen molar-refractivity contribution in [2.24, 2.45) is 0 Å². The molecular weight excluding hydrogens is 242 g/mol. The second kappa shape index (κ2) is 4.59. The molecule has 1 aromatic carbocycles. The Bertz CT molecular complexity index is 583. The first-order valence-corrected chi connectivity index (χ1v) is 5.46. The summed E-state index contributed by atoms with van der Waals surface area (Å²) >= 11 is 6.02. The normalized spacial score (nSPS) is 10.5. The number of halogens is 1. The summed E-state index contributed by atoms with van der Waals surface area (Å²) in [5.74, 6) is -0.408. The number of rotatable bonds is 3. The maximum Gasteiger partial charge on any atom is 0.354 e. The highest BCUT2D eigenvalue weighted by atomic mass is 35.5. The topological polar surface area (TPSA) is 59.4 Å². The molecule has 0 aliphatic heterocycles. The van der Waals surface area contributed by atoms with Crippen LogP contribution in [0.15, 0.2) is 24.3 Å². The number of hydrogen-bond acceptors (Lipinski definition) is 3. The Morgan fingerprint density at radius 3 is 2.88 bits per heavy atom. The number of carboxylic acid groups (broad SMARTS) is 1. The van der Waals surface area contributed by atoms with Gasteiger partial charge < -0.3 is 9.84 Å². The first-order chi connectivity index (χ1) is 8.11. The molecule has 0 atom stereocenters. The second-order valence-electron chi connectivity index (χ2n) is 3.41. The fourth-order valence-electron chi connectivity index (χ4n) is 1.53. The van der Waals surface area contributed by atoms with Crippen molar-refractivity contribution in [3.8, 4) is 5.75 Å². The molecule has 0 spiro atoms. The van der Waals surface area contributed by atoms with Crippen LogP contribution in [0.4, 0.5) is 0 Å². The van der Waals surface area contributed by atoms with Crippen molar-refractivity contribution in [2.45, 2.75) is 6.92 Å². The third-order valence-electron chi connectivity index (χ3n) is 2.26. The molecule has 0 radical (unpaired) electrons. The minimum atomic E-state index is -1.09. The van der Waals surface area contributed by atoms with E-state index < -0.39 is 5.97 Å². The Hall–Kier alpha value is -1.81. The van der Waals surface area contributed by atoms with Gasteiger partial charge >= 0.3 is 5.97 Å². The molecule has 4 nitrogen and oxygen atoms in total. The van der Waals surface area contributed by atoms with Crippen molar-refractivity contribution < 1.29 is 14.6 Å². The summed E-state index contributed by atoms with van der Waals surface area (Å²) in [5, 5.41) is 9.90. The van der Waals surface area contributed by atoms with Gasteiger partial charge in [0.1, 0.15) is 11.4 Å². The molecule has 0 saturated heterocycles. The van der Waals surface area contributed by atoms with E-state index in [4.69, 9.17) is 21.4 Å². The molecule has 2 aromatic rings. The molecule has 0 unspecified atom stereocenters. The molecule has 0 aliphatic carbocycles. The van der Waals surface area contributed by atoms with Crippen LogP contribution in [-0.2, 0) is 0 Å². The van der Waals surface area contributed by atoms with Crippen LogP contribution in [0, 0.1) is 0 Å². The SMILES string of the molecule is CCOc1ccc2nc(C(=O)O)cc(Cl)c2c1. The Morgan fingerprint density at radius 1 is 1.47 bits per heavy atom. The molecule has 0 bridgehead atoms. The smallest absolute Gasteiger partial charge is 0.354 e. The molecule has 0 fully saturated rings. The number of aromatic carboxylic acids is 1. The van der Waals surface area contributed by atoms with Gasteiger partial charge in [0.2, 0.25) is 0 Å². The van der Waals surface area contributed by atoms with Crippen molar-refractivity contribution in [3.63, 3.8) is 0 Å². The number of carbonyl (C=O) groups is 1. The monoisotopic (exact) mass is 251 g/mol. The number of nitrogens with zero attached hydrogens (tertiary/aromatic N) is 1. The van der Waals surface area contributed by atoms with E-state index in [1.54, 1.807) is 18.2 Å². The molecule has 1 heterocycles. The average Bonchev–Trinajstić information content (AvgIpc) is 2.30. The van der Waals surface area contributed by atoms with Crippen molar-refractivity contribution in [1.29, 1.82) is 0 Å². The van der Waals surface area contributed by atoms with E-state index in [0.717, 1.165) is 0 Å². The maximum absolute atomic E-state index is 10.8. The largest absolute Gasteiger partial charge is 0.494 e. The van der Waals surface area contributed by atoms with Crippen LogP contribution in [0.25, 0.3) is 10.9 Å². The van der Waals surface area contributed by atoms with E-state index in [1.807, 2.05) is 6.92 Å². The minimum Gasteiger partial charge on any atom is -0.494 e. The average molecular weight is 252 g/mol. The van der Waals surface area contributed by atoms with E-state index in [0.29, 0.717) is 28.3 Å². The molecule has 5 heteroatoms. The van der Waals surface area contributed by atoms with Crippen LogP contribution in [0.3, 0.4) is 0 Å². The predicted molar refractivity (Wildman–Crippen MR) is 64.9 cm³/mol. The highest BCUT2D eigenvalue weighted by Crippen LogP contribution is 2.27. The van der Waals surface area contributed by atoms with Gasteiger partial charge in [0.05, 0.1) is 17.1 Å². The van der Waals surface area contributed by atoms with Crippen LogP contribution < -0.4 is 4.74 Å². The van der Waals surface area contributed by atoms with Gasteiger partial charge in [0, 0.05) is 5.39 Å². The van der Waals surface area contributed by atoms with Crippen molar-refractivity contribution in [2.75, 3.05) is 6.61 Å². The summed E-state index contributed by atoms with van der Waals surface area (Å²) in [6.45, 7) is 2.45. The van der Waals surface area contributed by atoms with Gasteiger partial charge in [-0.15, -0.1) is 0 Å². The summed E-state index contributed by atoms with van der Waals surface area (Å²) in [6.07, 6.45) is 0. The van der Waals surface area contributed by atoms with Crippen LogP contribution >= 0.6 is 11.6 Å². The quantitative estimate of drug-likeness (QED) is 0.911. The fraction of sp³-hybridized carbons (Fsp3) is 0.167. The third-order valence-corrected chi connectivity index (χ3v) is 2.57. The van der Waals surface area contributed by atoms with E-state index in [2.05, 4.69) is 4.98 Å².